The molecule has 1 spiro atoms. The number of nitrogens with one attached hydrogen (secondary N) is 3. The van der Waals surface area contributed by atoms with Gasteiger partial charge in [0.1, 0.15) is 5.54 Å². The maximum Gasteiger partial charge on any atom is 0.344 e. The lowest BCUT2D eigenvalue weighted by Gasteiger charge is -2.30. The first kappa shape index (κ1) is 20.3. The lowest BCUT2D eigenvalue weighted by atomic mass is 9.82. The van der Waals surface area contributed by atoms with E-state index in [4.69, 9.17) is 4.74 Å². The third-order valence-electron chi connectivity index (χ3n) is 4.88. The monoisotopic (exact) mass is 402 g/mol. The van der Waals surface area contributed by atoms with Crippen molar-refractivity contribution in [3.63, 3.8) is 0 Å². The molecule has 154 valence electrons. The van der Waals surface area contributed by atoms with E-state index >= 15 is 0 Å². The fourth-order valence-electron chi connectivity index (χ4n) is 3.48. The van der Waals surface area contributed by atoms with Crippen LogP contribution in [0.1, 0.15) is 49.4 Å². The number of benzene rings is 1. The largest absolute Gasteiger partial charge is 0.452 e. The van der Waals surface area contributed by atoms with E-state index in [1.165, 1.54) is 31.2 Å². The van der Waals surface area contributed by atoms with Gasteiger partial charge in [-0.2, -0.15) is 5.01 Å². The van der Waals surface area contributed by atoms with Gasteiger partial charge in [-0.05, 0) is 37.1 Å². The van der Waals surface area contributed by atoms with E-state index in [-0.39, 0.29) is 11.5 Å². The van der Waals surface area contributed by atoms with Crippen LogP contribution in [0.2, 0.25) is 0 Å². The Labute approximate surface area is 166 Å². The zero-order valence-electron chi connectivity index (χ0n) is 15.9. The molecule has 10 nitrogen and oxygen atoms in total. The van der Waals surface area contributed by atoms with Gasteiger partial charge in [-0.3, -0.25) is 19.8 Å². The van der Waals surface area contributed by atoms with Crippen LogP contribution < -0.4 is 16.1 Å². The number of urea groups is 1. The molecule has 1 saturated carbocycles. The van der Waals surface area contributed by atoms with Crippen molar-refractivity contribution in [2.75, 3.05) is 11.9 Å². The number of nitrogens with zero attached hydrogens (tertiary/aromatic N) is 1. The highest BCUT2D eigenvalue weighted by Gasteiger charge is 2.52. The number of hydrazine groups is 1. The second-order valence-corrected chi connectivity index (χ2v) is 7.08. The second-order valence-electron chi connectivity index (χ2n) is 7.08. The Bertz CT molecular complexity index is 845. The Morgan fingerprint density at radius 3 is 2.38 bits per heavy atom. The van der Waals surface area contributed by atoms with E-state index in [0.29, 0.717) is 23.5 Å². The number of hydrogen-bond acceptors (Lipinski definition) is 6. The first-order valence-electron chi connectivity index (χ1n) is 9.32. The van der Waals surface area contributed by atoms with Crippen LogP contribution in [0.5, 0.6) is 0 Å². The van der Waals surface area contributed by atoms with Crippen LogP contribution in [0, 0.1) is 0 Å². The predicted molar refractivity (Wildman–Crippen MR) is 100 cm³/mol. The van der Waals surface area contributed by atoms with Gasteiger partial charge in [-0.15, -0.1) is 0 Å². The molecule has 0 radical (unpaired) electrons. The predicted octanol–water partition coefficient (Wildman–Crippen LogP) is 1.09. The van der Waals surface area contributed by atoms with E-state index in [9.17, 15) is 24.0 Å². The van der Waals surface area contributed by atoms with Crippen LogP contribution >= 0.6 is 0 Å². The number of imide groups is 1. The minimum absolute atomic E-state index is 0.183. The molecular formula is C19H22N4O6. The number of hydrogen-bond donors (Lipinski definition) is 3. The molecule has 0 bridgehead atoms. The lowest BCUT2D eigenvalue weighted by Crippen LogP contribution is -2.51. The topological polar surface area (TPSA) is 134 Å². The van der Waals surface area contributed by atoms with Crippen molar-refractivity contribution in [2.45, 2.75) is 44.6 Å². The van der Waals surface area contributed by atoms with Crippen molar-refractivity contribution >= 4 is 35.4 Å². The summed E-state index contributed by atoms with van der Waals surface area (Å²) in [6.07, 6.45) is 3.72. The average Bonchev–Trinajstić information content (AvgIpc) is 2.90. The number of carbonyl (C=O) groups excluding carboxylic acids is 5. The number of anilines is 1. The summed E-state index contributed by atoms with van der Waals surface area (Å²) in [7, 11) is 0. The first-order valence-corrected chi connectivity index (χ1v) is 9.32. The standard InChI is InChI=1S/C19H22N4O6/c1-12(24)20-14-7-5-13(6-8-14)16(26)29-11-15(25)22-23-17(27)19(21-18(23)28)9-3-2-4-10-19/h5-8H,2-4,9-11H2,1H3,(H,20,24)(H,21,28)(H,22,25). The Kier molecular flexibility index (Phi) is 5.81. The number of ether oxygens (including phenoxy) is 1. The van der Waals surface area contributed by atoms with Crippen LogP contribution in [0.3, 0.4) is 0 Å². The normalized spacial score (nSPS) is 17.6. The molecule has 1 aliphatic heterocycles. The average molecular weight is 402 g/mol. The quantitative estimate of drug-likeness (QED) is 0.499. The van der Waals surface area contributed by atoms with E-state index in [2.05, 4.69) is 16.1 Å². The molecule has 1 heterocycles. The molecule has 0 atom stereocenters. The molecule has 0 aromatic heterocycles. The molecule has 2 aliphatic rings. The third-order valence-corrected chi connectivity index (χ3v) is 4.88. The summed E-state index contributed by atoms with van der Waals surface area (Å²) >= 11 is 0. The SMILES string of the molecule is CC(=O)Nc1ccc(C(=O)OCC(=O)NN2C(=O)NC3(CCCCC3)C2=O)cc1. The van der Waals surface area contributed by atoms with E-state index in [1.807, 2.05) is 0 Å². The highest BCUT2D eigenvalue weighted by Crippen LogP contribution is 2.32. The molecule has 1 aromatic rings. The van der Waals surface area contributed by atoms with E-state index in [1.54, 1.807) is 0 Å². The molecule has 1 aromatic carbocycles. The van der Waals surface area contributed by atoms with Gasteiger partial charge in [-0.25, -0.2) is 9.59 Å². The Balaban J connectivity index is 1.52. The van der Waals surface area contributed by atoms with Crippen molar-refractivity contribution in [3.8, 4) is 0 Å². The molecule has 3 N–H and O–H groups in total. The summed E-state index contributed by atoms with van der Waals surface area (Å²) in [6.45, 7) is 0.707. The fraction of sp³-hybridized carbons (Fsp3) is 0.421. The van der Waals surface area contributed by atoms with Crippen molar-refractivity contribution in [3.05, 3.63) is 29.8 Å². The molecule has 5 amide bonds. The van der Waals surface area contributed by atoms with Crippen molar-refractivity contribution in [2.24, 2.45) is 0 Å². The summed E-state index contributed by atoms with van der Waals surface area (Å²) in [6, 6.07) is 5.24. The number of esters is 1. The molecular weight excluding hydrogens is 380 g/mol. The van der Waals surface area contributed by atoms with Crippen molar-refractivity contribution in [1.29, 1.82) is 0 Å². The molecule has 1 aliphatic carbocycles. The van der Waals surface area contributed by atoms with Crippen molar-refractivity contribution in [1.82, 2.24) is 15.8 Å². The van der Waals surface area contributed by atoms with Gasteiger partial charge in [0.25, 0.3) is 11.8 Å². The molecule has 0 unspecified atom stereocenters. The summed E-state index contributed by atoms with van der Waals surface area (Å²) in [5, 5.41) is 5.89. The zero-order valence-corrected chi connectivity index (χ0v) is 15.9. The van der Waals surface area contributed by atoms with Gasteiger partial charge in [0.05, 0.1) is 5.56 Å². The van der Waals surface area contributed by atoms with Crippen LogP contribution in [0.4, 0.5) is 10.5 Å². The number of carbonyl (C=O) groups is 5. The van der Waals surface area contributed by atoms with E-state index < -0.39 is 36.0 Å². The molecule has 29 heavy (non-hydrogen) atoms. The number of amides is 5. The zero-order chi connectivity index (χ0) is 21.0. The molecule has 2 fully saturated rings. The van der Waals surface area contributed by atoms with Gasteiger partial charge in [-0.1, -0.05) is 19.3 Å². The second kappa shape index (κ2) is 8.29. The Morgan fingerprint density at radius 1 is 1.10 bits per heavy atom. The van der Waals surface area contributed by atoms with Gasteiger partial charge >= 0.3 is 12.0 Å². The summed E-state index contributed by atoms with van der Waals surface area (Å²) in [5.74, 6) is -2.29. The van der Waals surface area contributed by atoms with Crippen LogP contribution in [-0.4, -0.2) is 46.9 Å². The highest BCUT2D eigenvalue weighted by atomic mass is 16.5. The van der Waals surface area contributed by atoms with Gasteiger partial charge in [0.15, 0.2) is 6.61 Å². The summed E-state index contributed by atoms with van der Waals surface area (Å²) in [5.41, 5.74) is 1.95. The van der Waals surface area contributed by atoms with Gasteiger partial charge < -0.3 is 15.4 Å². The Morgan fingerprint density at radius 2 is 1.76 bits per heavy atom. The van der Waals surface area contributed by atoms with Crippen molar-refractivity contribution < 1.29 is 28.7 Å². The minimum atomic E-state index is -0.949. The maximum atomic E-state index is 12.6. The van der Waals surface area contributed by atoms with Crippen LogP contribution in [0.15, 0.2) is 24.3 Å². The fourth-order valence-corrected chi connectivity index (χ4v) is 3.48. The van der Waals surface area contributed by atoms with Gasteiger partial charge in [0, 0.05) is 12.6 Å². The summed E-state index contributed by atoms with van der Waals surface area (Å²) in [4.78, 5) is 59.8. The molecule has 3 rings (SSSR count). The highest BCUT2D eigenvalue weighted by molar-refractivity contribution is 6.08. The van der Waals surface area contributed by atoms with E-state index in [0.717, 1.165) is 19.3 Å². The van der Waals surface area contributed by atoms with Crippen LogP contribution in [0.25, 0.3) is 0 Å². The van der Waals surface area contributed by atoms with Crippen LogP contribution in [-0.2, 0) is 19.1 Å². The number of rotatable bonds is 5. The van der Waals surface area contributed by atoms with Gasteiger partial charge in [0.2, 0.25) is 5.91 Å². The maximum absolute atomic E-state index is 12.6. The lowest BCUT2D eigenvalue weighted by molar-refractivity contribution is -0.140. The first-order chi connectivity index (χ1) is 13.8. The molecule has 1 saturated heterocycles. The molecule has 10 heteroatoms. The Hall–Kier alpha value is -3.43. The smallest absolute Gasteiger partial charge is 0.344 e. The summed E-state index contributed by atoms with van der Waals surface area (Å²) < 4.78 is 4.92. The minimum Gasteiger partial charge on any atom is -0.452 e. The third kappa shape index (κ3) is 4.53.